The molecule has 0 aliphatic heterocycles. The van der Waals surface area contributed by atoms with Crippen LogP contribution >= 0.6 is 11.6 Å². The maximum absolute atomic E-state index is 13.7. The predicted octanol–water partition coefficient (Wildman–Crippen LogP) is 3.63. The van der Waals surface area contributed by atoms with E-state index in [0.717, 1.165) is 17.7 Å². The van der Waals surface area contributed by atoms with E-state index in [9.17, 15) is 19.3 Å². The second-order valence-electron chi connectivity index (χ2n) is 4.67. The Bertz CT molecular complexity index is 732. The topological polar surface area (TPSA) is 72.2 Å². The molecule has 0 spiro atoms. The van der Waals surface area contributed by atoms with Crippen LogP contribution in [0.1, 0.15) is 21.5 Å². The number of hydrogen-bond acceptors (Lipinski definition) is 3. The number of rotatable bonds is 4. The Morgan fingerprint density at radius 2 is 1.95 bits per heavy atom. The molecule has 2 aromatic carbocycles. The van der Waals surface area contributed by atoms with Crippen LogP contribution < -0.4 is 5.32 Å². The van der Waals surface area contributed by atoms with Gasteiger partial charge in [0.1, 0.15) is 5.82 Å². The zero-order chi connectivity index (χ0) is 16.3. The van der Waals surface area contributed by atoms with Crippen molar-refractivity contribution >= 4 is 23.2 Å². The van der Waals surface area contributed by atoms with Gasteiger partial charge in [0.05, 0.1) is 10.5 Å². The quantitative estimate of drug-likeness (QED) is 0.690. The van der Waals surface area contributed by atoms with Crippen LogP contribution in [-0.2, 0) is 6.54 Å². The van der Waals surface area contributed by atoms with E-state index in [0.29, 0.717) is 5.02 Å². The molecule has 0 unspecified atom stereocenters. The highest BCUT2D eigenvalue weighted by Gasteiger charge is 2.19. The molecular weight excluding hydrogens is 311 g/mol. The minimum absolute atomic E-state index is 0.0937. The molecule has 0 atom stereocenters. The molecule has 0 aliphatic carbocycles. The second kappa shape index (κ2) is 6.53. The van der Waals surface area contributed by atoms with Gasteiger partial charge < -0.3 is 5.32 Å². The molecule has 0 bridgehead atoms. The van der Waals surface area contributed by atoms with Gasteiger partial charge in [-0.15, -0.1) is 0 Å². The smallest absolute Gasteiger partial charge is 0.276 e. The van der Waals surface area contributed by atoms with Gasteiger partial charge in [-0.2, -0.15) is 0 Å². The molecule has 1 N–H and O–H groups in total. The molecule has 7 heteroatoms. The lowest BCUT2D eigenvalue weighted by Crippen LogP contribution is -2.23. The third kappa shape index (κ3) is 3.59. The van der Waals surface area contributed by atoms with Crippen LogP contribution in [0, 0.1) is 22.9 Å². The van der Waals surface area contributed by atoms with Crippen LogP contribution in [0.4, 0.5) is 10.1 Å². The van der Waals surface area contributed by atoms with Crippen LogP contribution in [0.2, 0.25) is 5.02 Å². The van der Waals surface area contributed by atoms with Crippen LogP contribution in [-0.4, -0.2) is 10.8 Å². The normalized spacial score (nSPS) is 10.3. The van der Waals surface area contributed by atoms with Crippen molar-refractivity contribution < 1.29 is 14.1 Å². The first-order valence-corrected chi connectivity index (χ1v) is 6.73. The highest BCUT2D eigenvalue weighted by Crippen LogP contribution is 2.22. The minimum Gasteiger partial charge on any atom is -0.348 e. The highest BCUT2D eigenvalue weighted by molar-refractivity contribution is 6.30. The molecule has 5 nitrogen and oxygen atoms in total. The number of benzene rings is 2. The summed E-state index contributed by atoms with van der Waals surface area (Å²) in [5.41, 5.74) is 0.194. The van der Waals surface area contributed by atoms with Crippen molar-refractivity contribution in [2.45, 2.75) is 13.5 Å². The minimum atomic E-state index is -0.786. The van der Waals surface area contributed by atoms with Gasteiger partial charge >= 0.3 is 0 Å². The van der Waals surface area contributed by atoms with Gasteiger partial charge in [-0.25, -0.2) is 4.39 Å². The van der Waals surface area contributed by atoms with Crippen LogP contribution in [0.5, 0.6) is 0 Å². The van der Waals surface area contributed by atoms with Crippen LogP contribution in [0.3, 0.4) is 0 Å². The number of carbonyl (C=O) groups is 1. The van der Waals surface area contributed by atoms with Crippen molar-refractivity contribution in [1.82, 2.24) is 5.32 Å². The lowest BCUT2D eigenvalue weighted by atomic mass is 10.1. The van der Waals surface area contributed by atoms with Gasteiger partial charge in [-0.05, 0) is 30.7 Å². The molecule has 0 fully saturated rings. The van der Waals surface area contributed by atoms with E-state index in [1.54, 1.807) is 24.3 Å². The number of hydrogen-bond donors (Lipinski definition) is 1. The summed E-state index contributed by atoms with van der Waals surface area (Å²) in [5, 5.41) is 14.0. The monoisotopic (exact) mass is 322 g/mol. The van der Waals surface area contributed by atoms with E-state index in [1.807, 2.05) is 0 Å². The molecule has 0 heterocycles. The molecule has 0 aliphatic rings. The van der Waals surface area contributed by atoms with Crippen LogP contribution in [0.15, 0.2) is 36.4 Å². The third-order valence-corrected chi connectivity index (χ3v) is 3.39. The summed E-state index contributed by atoms with van der Waals surface area (Å²) in [7, 11) is 0. The van der Waals surface area contributed by atoms with Crippen molar-refractivity contribution in [2.75, 3.05) is 0 Å². The summed E-state index contributed by atoms with van der Waals surface area (Å²) < 4.78 is 13.7. The summed E-state index contributed by atoms with van der Waals surface area (Å²) in [6.45, 7) is 1.50. The Labute approximate surface area is 130 Å². The SMILES string of the molecule is Cc1c(F)cc(C(=O)NCc2ccc(Cl)cc2)cc1[N+](=O)[O-]. The van der Waals surface area contributed by atoms with Crippen molar-refractivity contribution in [3.05, 3.63) is 74.0 Å². The molecule has 2 rings (SSSR count). The molecule has 0 aromatic heterocycles. The predicted molar refractivity (Wildman–Crippen MR) is 80.4 cm³/mol. The average Bonchev–Trinajstić information content (AvgIpc) is 2.48. The Morgan fingerprint density at radius 3 is 2.55 bits per heavy atom. The number of nitrogens with one attached hydrogen (secondary N) is 1. The van der Waals surface area contributed by atoms with Crippen molar-refractivity contribution in [3.63, 3.8) is 0 Å². The lowest BCUT2D eigenvalue weighted by molar-refractivity contribution is -0.385. The third-order valence-electron chi connectivity index (χ3n) is 3.14. The van der Waals surface area contributed by atoms with Gasteiger partial charge in [-0.1, -0.05) is 23.7 Å². The zero-order valence-electron chi connectivity index (χ0n) is 11.6. The number of nitro benzene ring substituents is 1. The summed E-state index contributed by atoms with van der Waals surface area (Å²) in [4.78, 5) is 22.1. The summed E-state index contributed by atoms with van der Waals surface area (Å²) in [6.07, 6.45) is 0. The van der Waals surface area contributed by atoms with E-state index in [1.165, 1.54) is 6.92 Å². The summed E-state index contributed by atoms with van der Waals surface area (Å²) in [5.74, 6) is -1.37. The van der Waals surface area contributed by atoms with Gasteiger partial charge in [-0.3, -0.25) is 14.9 Å². The Kier molecular flexibility index (Phi) is 4.72. The van der Waals surface area contributed by atoms with Gasteiger partial charge in [0.2, 0.25) is 0 Å². The van der Waals surface area contributed by atoms with Crippen molar-refractivity contribution in [1.29, 1.82) is 0 Å². The zero-order valence-corrected chi connectivity index (χ0v) is 12.4. The largest absolute Gasteiger partial charge is 0.348 e. The van der Waals surface area contributed by atoms with E-state index in [2.05, 4.69) is 5.32 Å². The fourth-order valence-electron chi connectivity index (χ4n) is 1.87. The summed E-state index contributed by atoms with van der Waals surface area (Å²) in [6, 6.07) is 8.88. The average molecular weight is 323 g/mol. The molecule has 0 saturated carbocycles. The number of amides is 1. The Morgan fingerprint density at radius 1 is 1.32 bits per heavy atom. The lowest BCUT2D eigenvalue weighted by Gasteiger charge is -2.07. The number of nitro groups is 1. The Hall–Kier alpha value is -2.47. The van der Waals surface area contributed by atoms with Gasteiger partial charge in [0.15, 0.2) is 0 Å². The first-order chi connectivity index (χ1) is 10.4. The molecular formula is C15H12ClFN2O3. The molecule has 0 saturated heterocycles. The first-order valence-electron chi connectivity index (χ1n) is 6.35. The van der Waals surface area contributed by atoms with E-state index in [-0.39, 0.29) is 17.7 Å². The van der Waals surface area contributed by atoms with E-state index >= 15 is 0 Å². The molecule has 22 heavy (non-hydrogen) atoms. The standard InChI is InChI=1S/C15H12ClFN2O3/c1-9-13(17)6-11(7-14(9)19(21)22)15(20)18-8-10-2-4-12(16)5-3-10/h2-7H,8H2,1H3,(H,18,20). The maximum atomic E-state index is 13.7. The molecule has 1 amide bonds. The van der Waals surface area contributed by atoms with Gasteiger partial charge in [0, 0.05) is 23.2 Å². The number of carbonyl (C=O) groups excluding carboxylic acids is 1. The van der Waals surface area contributed by atoms with Crippen molar-refractivity contribution in [2.24, 2.45) is 0 Å². The maximum Gasteiger partial charge on any atom is 0.276 e. The molecule has 0 radical (unpaired) electrons. The number of nitrogens with zero attached hydrogens (tertiary/aromatic N) is 1. The molecule has 2 aromatic rings. The van der Waals surface area contributed by atoms with E-state index < -0.39 is 22.3 Å². The van der Waals surface area contributed by atoms with Crippen molar-refractivity contribution in [3.8, 4) is 0 Å². The fraction of sp³-hybridized carbons (Fsp3) is 0.133. The fourth-order valence-corrected chi connectivity index (χ4v) is 2.00. The first kappa shape index (κ1) is 15.9. The number of halogens is 2. The second-order valence-corrected chi connectivity index (χ2v) is 5.10. The van der Waals surface area contributed by atoms with Crippen LogP contribution in [0.25, 0.3) is 0 Å². The summed E-state index contributed by atoms with van der Waals surface area (Å²) >= 11 is 5.76. The highest BCUT2D eigenvalue weighted by atomic mass is 35.5. The molecule has 114 valence electrons. The van der Waals surface area contributed by atoms with Gasteiger partial charge in [0.25, 0.3) is 11.6 Å². The van der Waals surface area contributed by atoms with E-state index in [4.69, 9.17) is 11.6 Å². The Balaban J connectivity index is 2.16.